The first-order valence-corrected chi connectivity index (χ1v) is 6.92. The topological polar surface area (TPSA) is 55.8 Å². The van der Waals surface area contributed by atoms with Crippen molar-refractivity contribution >= 4 is 12.1 Å². The Kier molecular flexibility index (Phi) is 2.60. The second kappa shape index (κ2) is 3.87. The molecule has 5 atom stereocenters. The van der Waals surface area contributed by atoms with E-state index in [9.17, 15) is 9.59 Å². The van der Waals surface area contributed by atoms with Crippen LogP contribution in [-0.4, -0.2) is 41.8 Å². The van der Waals surface area contributed by atoms with Crippen LogP contribution in [0.3, 0.4) is 0 Å². The molecular formula is C14H21NO4. The number of amides is 1. The second-order valence-electron chi connectivity index (χ2n) is 6.89. The molecule has 106 valence electrons. The summed E-state index contributed by atoms with van der Waals surface area (Å²) in [5.74, 6) is 1.17. The van der Waals surface area contributed by atoms with Crippen molar-refractivity contribution in [3.8, 4) is 0 Å². The molecule has 0 spiro atoms. The van der Waals surface area contributed by atoms with Gasteiger partial charge in [0.2, 0.25) is 0 Å². The molecule has 19 heavy (non-hydrogen) atoms. The number of esters is 1. The van der Waals surface area contributed by atoms with Crippen molar-refractivity contribution in [2.24, 2.45) is 17.8 Å². The number of nitrogens with zero attached hydrogens (tertiary/aromatic N) is 1. The summed E-state index contributed by atoms with van der Waals surface area (Å²) >= 11 is 0. The Morgan fingerprint density at radius 1 is 1.11 bits per heavy atom. The van der Waals surface area contributed by atoms with Gasteiger partial charge >= 0.3 is 12.1 Å². The smallest absolute Gasteiger partial charge is 0.411 e. The highest BCUT2D eigenvalue weighted by Gasteiger charge is 2.68. The van der Waals surface area contributed by atoms with Crippen LogP contribution in [-0.2, 0) is 14.3 Å². The minimum absolute atomic E-state index is 0.175. The maximum Gasteiger partial charge on any atom is 0.411 e. The number of hydrogen-bond donors (Lipinski definition) is 0. The molecule has 2 bridgehead atoms. The average Bonchev–Trinajstić information content (AvgIpc) is 2.92. The van der Waals surface area contributed by atoms with Crippen molar-refractivity contribution < 1.29 is 19.1 Å². The van der Waals surface area contributed by atoms with Gasteiger partial charge in [0.25, 0.3) is 0 Å². The molecule has 5 heteroatoms. The molecule has 1 heterocycles. The van der Waals surface area contributed by atoms with E-state index in [2.05, 4.69) is 0 Å². The van der Waals surface area contributed by atoms with Gasteiger partial charge in [0.1, 0.15) is 11.6 Å². The van der Waals surface area contributed by atoms with Crippen molar-refractivity contribution in [2.45, 2.75) is 51.3 Å². The lowest BCUT2D eigenvalue weighted by atomic mass is 9.97. The minimum atomic E-state index is -0.539. The third-order valence-corrected chi connectivity index (χ3v) is 4.56. The first-order valence-electron chi connectivity index (χ1n) is 6.92. The standard InChI is InChI=1S/C14H21NO4/c1-14(2,3)19-13(17)15-10-6-9(7-5-8(7)10)11(15)12(16)18-4/h7-11H,5-6H2,1-4H3/t7-,8+,9?,10?,11-/m1/s1. The zero-order valence-corrected chi connectivity index (χ0v) is 11.9. The lowest BCUT2D eigenvalue weighted by Gasteiger charge is -2.34. The molecule has 3 aliphatic rings. The fraction of sp³-hybridized carbons (Fsp3) is 0.857. The molecule has 0 radical (unpaired) electrons. The molecule has 2 saturated carbocycles. The molecule has 0 aromatic rings. The Labute approximate surface area is 113 Å². The van der Waals surface area contributed by atoms with Gasteiger partial charge in [0.15, 0.2) is 0 Å². The summed E-state index contributed by atoms with van der Waals surface area (Å²) < 4.78 is 10.3. The van der Waals surface area contributed by atoms with E-state index in [-0.39, 0.29) is 24.0 Å². The van der Waals surface area contributed by atoms with E-state index in [4.69, 9.17) is 9.47 Å². The zero-order chi connectivity index (χ0) is 13.9. The van der Waals surface area contributed by atoms with E-state index in [1.54, 1.807) is 4.90 Å². The maximum atomic E-state index is 12.3. The van der Waals surface area contributed by atoms with Crippen LogP contribution < -0.4 is 0 Å². The lowest BCUT2D eigenvalue weighted by molar-refractivity contribution is -0.148. The summed E-state index contributed by atoms with van der Waals surface area (Å²) in [5, 5.41) is 0. The van der Waals surface area contributed by atoms with Crippen molar-refractivity contribution in [3.63, 3.8) is 0 Å². The lowest BCUT2D eigenvalue weighted by Crippen LogP contribution is -2.51. The van der Waals surface area contributed by atoms with Crippen LogP contribution in [0.1, 0.15) is 33.6 Å². The van der Waals surface area contributed by atoms with Crippen LogP contribution >= 0.6 is 0 Å². The van der Waals surface area contributed by atoms with Gasteiger partial charge in [-0.15, -0.1) is 0 Å². The normalized spacial score (nSPS) is 38.9. The van der Waals surface area contributed by atoms with Gasteiger partial charge in [-0.25, -0.2) is 9.59 Å². The first-order chi connectivity index (χ1) is 8.83. The molecule has 0 aromatic heterocycles. The molecular weight excluding hydrogens is 246 g/mol. The molecule has 3 rings (SSSR count). The molecule has 1 aliphatic heterocycles. The number of ether oxygens (including phenoxy) is 2. The van der Waals surface area contributed by atoms with Crippen molar-refractivity contribution in [2.75, 3.05) is 7.11 Å². The number of methoxy groups -OCH3 is 1. The molecule has 0 N–H and O–H groups in total. The fourth-order valence-electron chi connectivity index (χ4n) is 3.87. The zero-order valence-electron chi connectivity index (χ0n) is 11.9. The van der Waals surface area contributed by atoms with Crippen LogP contribution in [0.15, 0.2) is 0 Å². The molecule has 0 aromatic carbocycles. The summed E-state index contributed by atoms with van der Waals surface area (Å²) in [6.07, 6.45) is 1.69. The second-order valence-corrected chi connectivity index (χ2v) is 6.89. The van der Waals surface area contributed by atoms with E-state index < -0.39 is 11.6 Å². The van der Waals surface area contributed by atoms with Gasteiger partial charge in [-0.2, -0.15) is 0 Å². The number of rotatable bonds is 1. The molecule has 5 nitrogen and oxygen atoms in total. The maximum absolute atomic E-state index is 12.3. The van der Waals surface area contributed by atoms with E-state index in [0.717, 1.165) is 12.8 Å². The SMILES string of the molecule is COC(=O)[C@H]1C2CC([C@H]3C[C@@H]23)N1C(=O)OC(C)(C)C. The summed E-state index contributed by atoms with van der Waals surface area (Å²) in [5.41, 5.74) is -0.539. The Hall–Kier alpha value is -1.26. The molecule has 2 aliphatic carbocycles. The first kappa shape index (κ1) is 12.8. The number of piperidine rings is 1. The third-order valence-electron chi connectivity index (χ3n) is 4.56. The molecule has 1 saturated heterocycles. The van der Waals surface area contributed by atoms with Gasteiger partial charge in [-0.3, -0.25) is 4.90 Å². The summed E-state index contributed by atoms with van der Waals surface area (Å²) in [4.78, 5) is 26.0. The Balaban J connectivity index is 1.82. The van der Waals surface area contributed by atoms with Gasteiger partial charge in [-0.1, -0.05) is 0 Å². The molecule has 3 fully saturated rings. The fourth-order valence-corrected chi connectivity index (χ4v) is 3.87. The van der Waals surface area contributed by atoms with Crippen LogP contribution in [0, 0.1) is 17.8 Å². The summed E-state index contributed by atoms with van der Waals surface area (Å²) in [7, 11) is 1.38. The van der Waals surface area contributed by atoms with E-state index in [0.29, 0.717) is 11.8 Å². The minimum Gasteiger partial charge on any atom is -0.467 e. The van der Waals surface area contributed by atoms with Crippen molar-refractivity contribution in [3.05, 3.63) is 0 Å². The number of fused-ring (bicyclic) bond motifs is 5. The summed E-state index contributed by atoms with van der Waals surface area (Å²) in [6.45, 7) is 5.52. The Bertz CT molecular complexity index is 428. The average molecular weight is 267 g/mol. The van der Waals surface area contributed by atoms with Gasteiger partial charge < -0.3 is 9.47 Å². The predicted octanol–water partition coefficient (Wildman–Crippen LogP) is 1.80. The Morgan fingerprint density at radius 2 is 1.79 bits per heavy atom. The van der Waals surface area contributed by atoms with Gasteiger partial charge in [-0.05, 0) is 51.4 Å². The number of likely N-dealkylation sites (tertiary alicyclic amines) is 1. The summed E-state index contributed by atoms with van der Waals surface area (Å²) in [6, 6.07) is -0.262. The number of hydrogen-bond acceptors (Lipinski definition) is 4. The van der Waals surface area contributed by atoms with E-state index in [1.165, 1.54) is 7.11 Å². The quantitative estimate of drug-likeness (QED) is 0.680. The van der Waals surface area contributed by atoms with E-state index in [1.807, 2.05) is 20.8 Å². The van der Waals surface area contributed by atoms with Crippen LogP contribution in [0.4, 0.5) is 4.79 Å². The van der Waals surface area contributed by atoms with Gasteiger partial charge in [0.05, 0.1) is 7.11 Å². The largest absolute Gasteiger partial charge is 0.467 e. The monoisotopic (exact) mass is 267 g/mol. The van der Waals surface area contributed by atoms with Crippen molar-refractivity contribution in [1.82, 2.24) is 4.90 Å². The number of carbonyl (C=O) groups is 2. The predicted molar refractivity (Wildman–Crippen MR) is 67.4 cm³/mol. The van der Waals surface area contributed by atoms with Crippen molar-refractivity contribution in [1.29, 1.82) is 0 Å². The highest BCUT2D eigenvalue weighted by atomic mass is 16.6. The molecule has 2 unspecified atom stereocenters. The van der Waals surface area contributed by atoms with Crippen LogP contribution in [0.2, 0.25) is 0 Å². The van der Waals surface area contributed by atoms with Crippen LogP contribution in [0.25, 0.3) is 0 Å². The van der Waals surface area contributed by atoms with E-state index >= 15 is 0 Å². The van der Waals surface area contributed by atoms with Crippen LogP contribution in [0.5, 0.6) is 0 Å². The number of carbonyl (C=O) groups excluding carboxylic acids is 2. The third kappa shape index (κ3) is 1.90. The van der Waals surface area contributed by atoms with Gasteiger partial charge in [0, 0.05) is 6.04 Å². The highest BCUT2D eigenvalue weighted by molar-refractivity contribution is 5.83. The highest BCUT2D eigenvalue weighted by Crippen LogP contribution is 2.63. The Morgan fingerprint density at radius 3 is 2.37 bits per heavy atom. The molecule has 1 amide bonds.